The van der Waals surface area contributed by atoms with E-state index in [1.165, 1.54) is 7.11 Å². The van der Waals surface area contributed by atoms with Crippen molar-refractivity contribution in [1.29, 1.82) is 0 Å². The molecule has 0 bridgehead atoms. The summed E-state index contributed by atoms with van der Waals surface area (Å²) in [6.45, 7) is 3.59. The van der Waals surface area contributed by atoms with Crippen LogP contribution in [0.3, 0.4) is 0 Å². The number of carbonyl (C=O) groups is 2. The van der Waals surface area contributed by atoms with Gasteiger partial charge in [-0.1, -0.05) is 36.7 Å². The number of rotatable bonds is 7. The number of esters is 1. The molecule has 5 nitrogen and oxygen atoms in total. The lowest BCUT2D eigenvalue weighted by Crippen LogP contribution is -2.36. The first-order valence-electron chi connectivity index (χ1n) is 8.26. The average Bonchev–Trinajstić information content (AvgIpc) is 2.60. The van der Waals surface area contributed by atoms with Gasteiger partial charge in [-0.2, -0.15) is 0 Å². The molecule has 0 aliphatic heterocycles. The molecule has 1 N–H and O–H groups in total. The molecule has 0 aliphatic carbocycles. The van der Waals surface area contributed by atoms with E-state index in [4.69, 9.17) is 21.1 Å². The van der Waals surface area contributed by atoms with Crippen molar-refractivity contribution in [2.24, 2.45) is 5.92 Å². The summed E-state index contributed by atoms with van der Waals surface area (Å²) in [5, 5.41) is 3.34. The molecular formula is C20H22ClNO4. The number of ether oxygens (including phenoxy) is 2. The zero-order valence-electron chi connectivity index (χ0n) is 15.0. The summed E-state index contributed by atoms with van der Waals surface area (Å²) in [6.07, 6.45) is -0.668. The Labute approximate surface area is 158 Å². The Morgan fingerprint density at radius 1 is 1.15 bits per heavy atom. The van der Waals surface area contributed by atoms with Crippen molar-refractivity contribution in [3.8, 4) is 5.75 Å². The van der Waals surface area contributed by atoms with E-state index >= 15 is 0 Å². The molecule has 26 heavy (non-hydrogen) atoms. The van der Waals surface area contributed by atoms with Gasteiger partial charge in [-0.05, 0) is 42.8 Å². The first kappa shape index (κ1) is 19.8. The smallest absolute Gasteiger partial charge is 0.308 e. The highest BCUT2D eigenvalue weighted by molar-refractivity contribution is 6.31. The second-order valence-corrected chi connectivity index (χ2v) is 6.52. The Morgan fingerprint density at radius 3 is 2.46 bits per heavy atom. The first-order chi connectivity index (χ1) is 12.4. The number of para-hydroxylation sites is 1. The number of nitrogens with one attached hydrogen (secondary N) is 1. The fraction of sp³-hybridized carbons (Fsp3) is 0.300. The highest BCUT2D eigenvalue weighted by Gasteiger charge is 2.27. The Balaban J connectivity index is 2.17. The Hall–Kier alpha value is -2.53. The van der Waals surface area contributed by atoms with Gasteiger partial charge in [0.1, 0.15) is 5.75 Å². The monoisotopic (exact) mass is 375 g/mol. The molecule has 2 aromatic rings. The lowest BCUT2D eigenvalue weighted by atomic mass is 10.0. The largest absolute Gasteiger partial charge is 0.481 e. The number of anilines is 1. The van der Waals surface area contributed by atoms with Crippen LogP contribution in [0.1, 0.15) is 18.9 Å². The van der Waals surface area contributed by atoms with Crippen LogP contribution in [0.4, 0.5) is 5.69 Å². The summed E-state index contributed by atoms with van der Waals surface area (Å²) < 4.78 is 10.6. The van der Waals surface area contributed by atoms with Gasteiger partial charge in [0.15, 0.2) is 6.10 Å². The second-order valence-electron chi connectivity index (χ2n) is 6.09. The second kappa shape index (κ2) is 9.25. The summed E-state index contributed by atoms with van der Waals surface area (Å²) in [5.74, 6) is -0.683. The van der Waals surface area contributed by atoms with Crippen molar-refractivity contribution in [2.45, 2.75) is 26.4 Å². The molecule has 0 radical (unpaired) electrons. The third-order valence-corrected chi connectivity index (χ3v) is 4.01. The molecule has 0 spiro atoms. The van der Waals surface area contributed by atoms with Crippen molar-refractivity contribution in [1.82, 2.24) is 0 Å². The van der Waals surface area contributed by atoms with Crippen molar-refractivity contribution in [3.05, 3.63) is 59.1 Å². The van der Waals surface area contributed by atoms with E-state index in [-0.39, 0.29) is 12.3 Å². The number of aryl methyl sites for hydroxylation is 1. The molecule has 2 rings (SSSR count). The van der Waals surface area contributed by atoms with Gasteiger partial charge in [0.25, 0.3) is 5.91 Å². The van der Waals surface area contributed by atoms with E-state index in [9.17, 15) is 9.59 Å². The lowest BCUT2D eigenvalue weighted by Gasteiger charge is -2.21. The maximum Gasteiger partial charge on any atom is 0.308 e. The van der Waals surface area contributed by atoms with Gasteiger partial charge in [-0.15, -0.1) is 0 Å². The molecule has 0 saturated heterocycles. The minimum absolute atomic E-state index is 0.187. The van der Waals surface area contributed by atoms with Gasteiger partial charge < -0.3 is 14.8 Å². The number of benzene rings is 2. The third-order valence-electron chi connectivity index (χ3n) is 3.79. The molecule has 0 aromatic heterocycles. The summed E-state index contributed by atoms with van der Waals surface area (Å²) in [4.78, 5) is 24.5. The van der Waals surface area contributed by atoms with Crippen LogP contribution in [0, 0.1) is 12.8 Å². The van der Waals surface area contributed by atoms with Crippen LogP contribution < -0.4 is 10.1 Å². The summed E-state index contributed by atoms with van der Waals surface area (Å²) >= 11 is 6.04. The van der Waals surface area contributed by atoms with E-state index in [1.807, 2.05) is 31.2 Å². The number of hydrogen-bond donors (Lipinski definition) is 1. The molecule has 1 amide bonds. The lowest BCUT2D eigenvalue weighted by molar-refractivity contribution is -0.146. The minimum atomic E-state index is -0.856. The molecular weight excluding hydrogens is 354 g/mol. The fourth-order valence-electron chi connectivity index (χ4n) is 2.52. The normalized spacial score (nSPS) is 12.8. The summed E-state index contributed by atoms with van der Waals surface area (Å²) in [6, 6.07) is 14.3. The van der Waals surface area contributed by atoms with Crippen molar-refractivity contribution in [2.75, 3.05) is 12.4 Å². The van der Waals surface area contributed by atoms with E-state index in [0.29, 0.717) is 16.5 Å². The SMILES string of the molecule is COC(=O)C(C)CC(Oc1ccccc1)C(=O)Nc1cc(C)cc(Cl)c1. The molecule has 2 aromatic carbocycles. The van der Waals surface area contributed by atoms with Gasteiger partial charge in [0.2, 0.25) is 0 Å². The zero-order chi connectivity index (χ0) is 19.1. The predicted octanol–water partition coefficient (Wildman–Crippen LogP) is 4.23. The standard InChI is InChI=1S/C20H22ClNO4/c1-13-9-15(21)12-16(10-13)22-19(23)18(11-14(2)20(24)25-3)26-17-7-5-4-6-8-17/h4-10,12,14,18H,11H2,1-3H3,(H,22,23). The van der Waals surface area contributed by atoms with Crippen LogP contribution in [0.5, 0.6) is 5.75 Å². The topological polar surface area (TPSA) is 64.6 Å². The van der Waals surface area contributed by atoms with Gasteiger partial charge in [-0.3, -0.25) is 9.59 Å². The molecule has 6 heteroatoms. The Morgan fingerprint density at radius 2 is 1.85 bits per heavy atom. The van der Waals surface area contributed by atoms with Crippen LogP contribution in [0.25, 0.3) is 0 Å². The van der Waals surface area contributed by atoms with Crippen molar-refractivity contribution in [3.63, 3.8) is 0 Å². The van der Waals surface area contributed by atoms with Crippen LogP contribution in [-0.2, 0) is 14.3 Å². The van der Waals surface area contributed by atoms with E-state index in [1.54, 1.807) is 31.2 Å². The first-order valence-corrected chi connectivity index (χ1v) is 8.64. The minimum Gasteiger partial charge on any atom is -0.481 e. The molecule has 2 atom stereocenters. The number of carbonyl (C=O) groups excluding carboxylic acids is 2. The number of amides is 1. The Kier molecular flexibility index (Phi) is 7.04. The maximum absolute atomic E-state index is 12.8. The van der Waals surface area contributed by atoms with E-state index < -0.39 is 18.0 Å². The van der Waals surface area contributed by atoms with Crippen molar-refractivity contribution < 1.29 is 19.1 Å². The molecule has 0 saturated carbocycles. The van der Waals surface area contributed by atoms with E-state index in [0.717, 1.165) is 5.56 Å². The van der Waals surface area contributed by atoms with Crippen LogP contribution in [0.2, 0.25) is 5.02 Å². The van der Waals surface area contributed by atoms with Gasteiger partial charge in [0.05, 0.1) is 13.0 Å². The Bertz CT molecular complexity index is 743. The molecule has 138 valence electrons. The number of halogens is 1. The molecule has 0 aliphatic rings. The molecule has 2 unspecified atom stereocenters. The van der Waals surface area contributed by atoms with Gasteiger partial charge in [-0.25, -0.2) is 0 Å². The maximum atomic E-state index is 12.8. The van der Waals surface area contributed by atoms with E-state index in [2.05, 4.69) is 5.32 Å². The quantitative estimate of drug-likeness (QED) is 0.735. The summed E-state index contributed by atoms with van der Waals surface area (Å²) in [7, 11) is 1.32. The van der Waals surface area contributed by atoms with Crippen LogP contribution in [0.15, 0.2) is 48.5 Å². The van der Waals surface area contributed by atoms with Crippen molar-refractivity contribution >= 4 is 29.2 Å². The highest BCUT2D eigenvalue weighted by atomic mass is 35.5. The average molecular weight is 376 g/mol. The summed E-state index contributed by atoms with van der Waals surface area (Å²) in [5.41, 5.74) is 1.50. The highest BCUT2D eigenvalue weighted by Crippen LogP contribution is 2.21. The zero-order valence-corrected chi connectivity index (χ0v) is 15.7. The molecule has 0 heterocycles. The fourth-order valence-corrected chi connectivity index (χ4v) is 2.81. The van der Waals surface area contributed by atoms with Gasteiger partial charge >= 0.3 is 5.97 Å². The number of methoxy groups -OCH3 is 1. The van der Waals surface area contributed by atoms with Crippen LogP contribution >= 0.6 is 11.6 Å². The predicted molar refractivity (Wildman–Crippen MR) is 101 cm³/mol. The molecule has 0 fully saturated rings. The van der Waals surface area contributed by atoms with Crippen LogP contribution in [-0.4, -0.2) is 25.1 Å². The third kappa shape index (κ3) is 5.77. The number of hydrogen-bond acceptors (Lipinski definition) is 4. The van der Waals surface area contributed by atoms with Gasteiger partial charge in [0, 0.05) is 17.1 Å².